The molecule has 0 spiro atoms. The van der Waals surface area contributed by atoms with Gasteiger partial charge < -0.3 is 19.9 Å². The summed E-state index contributed by atoms with van der Waals surface area (Å²) in [5.74, 6) is -0.794. The van der Waals surface area contributed by atoms with E-state index in [-0.39, 0.29) is 18.2 Å². The Bertz CT molecular complexity index is 1080. The molecule has 10 heteroatoms. The van der Waals surface area contributed by atoms with E-state index < -0.39 is 16.9 Å². The van der Waals surface area contributed by atoms with Gasteiger partial charge in [-0.3, -0.25) is 19.7 Å². The van der Waals surface area contributed by atoms with Gasteiger partial charge in [0.05, 0.1) is 28.3 Å². The summed E-state index contributed by atoms with van der Waals surface area (Å²) in [5.41, 5.74) is 0.822. The third-order valence-electron chi connectivity index (χ3n) is 5.06. The predicted octanol–water partition coefficient (Wildman–Crippen LogP) is 3.16. The van der Waals surface area contributed by atoms with Gasteiger partial charge in [0, 0.05) is 38.3 Å². The molecule has 2 aromatic carbocycles. The fourth-order valence-corrected chi connectivity index (χ4v) is 3.39. The van der Waals surface area contributed by atoms with Crippen LogP contribution in [0.5, 0.6) is 0 Å². The molecule has 0 aromatic heterocycles. The van der Waals surface area contributed by atoms with Crippen molar-refractivity contribution in [2.45, 2.75) is 6.92 Å². The molecule has 10 nitrogen and oxygen atoms in total. The van der Waals surface area contributed by atoms with E-state index in [1.807, 2.05) is 0 Å². The lowest BCUT2D eigenvalue weighted by Crippen LogP contribution is -2.50. The van der Waals surface area contributed by atoms with Crippen molar-refractivity contribution in [3.05, 3.63) is 75.8 Å². The molecule has 2 aromatic rings. The van der Waals surface area contributed by atoms with Crippen molar-refractivity contribution < 1.29 is 24.0 Å². The molecule has 1 fully saturated rings. The summed E-state index contributed by atoms with van der Waals surface area (Å²) in [6, 6.07) is 12.7. The van der Waals surface area contributed by atoms with Gasteiger partial charge in [0.25, 0.3) is 11.6 Å². The van der Waals surface area contributed by atoms with Crippen LogP contribution in [0.3, 0.4) is 0 Å². The summed E-state index contributed by atoms with van der Waals surface area (Å²) < 4.78 is 4.99. The molecule has 1 heterocycles. The van der Waals surface area contributed by atoms with Gasteiger partial charge in [-0.25, -0.2) is 4.79 Å². The minimum Gasteiger partial charge on any atom is -0.450 e. The molecule has 0 atom stereocenters. The Balaban J connectivity index is 1.67. The Hall–Kier alpha value is -4.21. The van der Waals surface area contributed by atoms with Gasteiger partial charge in [0.15, 0.2) is 0 Å². The molecule has 1 aliphatic heterocycles. The number of nitrogens with zero attached hydrogens (tertiary/aromatic N) is 3. The summed E-state index contributed by atoms with van der Waals surface area (Å²) in [6.07, 6.45) is 2.14. The van der Waals surface area contributed by atoms with E-state index in [0.29, 0.717) is 43.0 Å². The molecule has 3 rings (SSSR count). The van der Waals surface area contributed by atoms with E-state index in [2.05, 4.69) is 5.32 Å². The number of nitrogens with one attached hydrogen (secondary N) is 1. The van der Waals surface area contributed by atoms with Crippen molar-refractivity contribution in [3.8, 4) is 0 Å². The highest BCUT2D eigenvalue weighted by Crippen LogP contribution is 2.21. The Kier molecular flexibility index (Phi) is 7.74. The largest absolute Gasteiger partial charge is 0.450 e. The van der Waals surface area contributed by atoms with E-state index in [4.69, 9.17) is 4.74 Å². The third kappa shape index (κ3) is 5.94. The van der Waals surface area contributed by atoms with Crippen LogP contribution in [0.25, 0.3) is 6.08 Å². The topological polar surface area (TPSA) is 122 Å². The van der Waals surface area contributed by atoms with Gasteiger partial charge in [-0.05, 0) is 31.2 Å². The van der Waals surface area contributed by atoms with Crippen LogP contribution in [0, 0.1) is 10.1 Å². The molecule has 1 saturated heterocycles. The fourth-order valence-electron chi connectivity index (χ4n) is 3.39. The molecule has 0 saturated carbocycles. The lowest BCUT2D eigenvalue weighted by molar-refractivity contribution is -0.385. The van der Waals surface area contributed by atoms with Crippen molar-refractivity contribution in [2.24, 2.45) is 0 Å². The standard InChI is InChI=1S/C23H24N4O6/c1-2-33-23(30)26-15-13-25(14-16-26)22(29)18-8-4-5-9-19(18)24-21(28)12-11-17-7-3-6-10-20(17)27(31)32/h3-12H,2,13-16H2,1H3,(H,24,28)/b12-11+. The number of piperazine rings is 1. The number of carbonyl (C=O) groups excluding carboxylic acids is 3. The first-order valence-electron chi connectivity index (χ1n) is 10.4. The predicted molar refractivity (Wildman–Crippen MR) is 122 cm³/mol. The third-order valence-corrected chi connectivity index (χ3v) is 5.06. The van der Waals surface area contributed by atoms with Crippen LogP contribution in [0.15, 0.2) is 54.6 Å². The molecule has 172 valence electrons. The lowest BCUT2D eigenvalue weighted by atomic mass is 10.1. The molecular weight excluding hydrogens is 428 g/mol. The van der Waals surface area contributed by atoms with Crippen LogP contribution in [-0.4, -0.2) is 65.4 Å². The zero-order valence-electron chi connectivity index (χ0n) is 18.1. The van der Waals surface area contributed by atoms with E-state index in [9.17, 15) is 24.5 Å². The highest BCUT2D eigenvalue weighted by Gasteiger charge is 2.26. The molecule has 33 heavy (non-hydrogen) atoms. The fraction of sp³-hybridized carbons (Fsp3) is 0.261. The highest BCUT2D eigenvalue weighted by molar-refractivity contribution is 6.07. The molecule has 0 radical (unpaired) electrons. The molecule has 0 unspecified atom stereocenters. The maximum Gasteiger partial charge on any atom is 0.409 e. The molecule has 0 aliphatic carbocycles. The zero-order chi connectivity index (χ0) is 23.8. The summed E-state index contributed by atoms with van der Waals surface area (Å²) in [5, 5.41) is 13.8. The Morgan fingerprint density at radius 2 is 1.67 bits per heavy atom. The summed E-state index contributed by atoms with van der Waals surface area (Å²) in [4.78, 5) is 51.1. The average molecular weight is 452 g/mol. The number of ether oxygens (including phenoxy) is 1. The second-order valence-electron chi connectivity index (χ2n) is 7.16. The normalized spacial score (nSPS) is 13.6. The van der Waals surface area contributed by atoms with E-state index in [1.165, 1.54) is 24.3 Å². The molecule has 0 bridgehead atoms. The number of rotatable bonds is 6. The van der Waals surface area contributed by atoms with Crippen LogP contribution in [0.1, 0.15) is 22.8 Å². The van der Waals surface area contributed by atoms with Crippen LogP contribution in [0.2, 0.25) is 0 Å². The number of anilines is 1. The van der Waals surface area contributed by atoms with Crippen LogP contribution in [-0.2, 0) is 9.53 Å². The van der Waals surface area contributed by atoms with Crippen molar-refractivity contribution in [3.63, 3.8) is 0 Å². The van der Waals surface area contributed by atoms with Gasteiger partial charge in [-0.15, -0.1) is 0 Å². The van der Waals surface area contributed by atoms with Crippen molar-refractivity contribution in [1.29, 1.82) is 0 Å². The first kappa shape index (κ1) is 23.5. The van der Waals surface area contributed by atoms with Crippen LogP contribution < -0.4 is 5.32 Å². The number of hydrogen-bond donors (Lipinski definition) is 1. The average Bonchev–Trinajstić information content (AvgIpc) is 2.83. The maximum atomic E-state index is 13.1. The second kappa shape index (κ2) is 10.9. The molecule has 1 N–H and O–H groups in total. The molecule has 3 amide bonds. The minimum absolute atomic E-state index is 0.112. The quantitative estimate of drug-likeness (QED) is 0.408. The number of para-hydroxylation sites is 2. The second-order valence-corrected chi connectivity index (χ2v) is 7.16. The number of amides is 3. The summed E-state index contributed by atoms with van der Waals surface area (Å²) in [7, 11) is 0. The number of benzene rings is 2. The lowest BCUT2D eigenvalue weighted by Gasteiger charge is -2.34. The zero-order valence-corrected chi connectivity index (χ0v) is 18.1. The maximum absolute atomic E-state index is 13.1. The SMILES string of the molecule is CCOC(=O)N1CCN(C(=O)c2ccccc2NC(=O)/C=C/c2ccccc2[N+](=O)[O-])CC1. The minimum atomic E-state index is -0.527. The smallest absolute Gasteiger partial charge is 0.409 e. The van der Waals surface area contributed by atoms with E-state index >= 15 is 0 Å². The molecule has 1 aliphatic rings. The van der Waals surface area contributed by atoms with Crippen molar-refractivity contribution in [1.82, 2.24) is 9.80 Å². The van der Waals surface area contributed by atoms with Gasteiger partial charge in [-0.2, -0.15) is 0 Å². The van der Waals surface area contributed by atoms with Crippen molar-refractivity contribution >= 4 is 35.4 Å². The Morgan fingerprint density at radius 1 is 1.03 bits per heavy atom. The van der Waals surface area contributed by atoms with Crippen LogP contribution in [0.4, 0.5) is 16.2 Å². The highest BCUT2D eigenvalue weighted by atomic mass is 16.6. The van der Waals surface area contributed by atoms with Gasteiger partial charge >= 0.3 is 6.09 Å². The monoisotopic (exact) mass is 452 g/mol. The number of carbonyl (C=O) groups is 3. The Labute approximate surface area is 190 Å². The van der Waals surface area contributed by atoms with E-state index in [0.717, 1.165) is 0 Å². The first-order chi connectivity index (χ1) is 15.9. The van der Waals surface area contributed by atoms with Crippen LogP contribution >= 0.6 is 0 Å². The van der Waals surface area contributed by atoms with Gasteiger partial charge in [-0.1, -0.05) is 24.3 Å². The molecular formula is C23H24N4O6. The summed E-state index contributed by atoms with van der Waals surface area (Å²) >= 11 is 0. The number of hydrogen-bond acceptors (Lipinski definition) is 6. The first-order valence-corrected chi connectivity index (χ1v) is 10.4. The Morgan fingerprint density at radius 3 is 2.36 bits per heavy atom. The number of nitro groups is 1. The van der Waals surface area contributed by atoms with Gasteiger partial charge in [0.1, 0.15) is 0 Å². The summed E-state index contributed by atoms with van der Waals surface area (Å²) in [6.45, 7) is 3.43. The van der Waals surface area contributed by atoms with Crippen molar-refractivity contribution in [2.75, 3.05) is 38.1 Å². The number of nitro benzene ring substituents is 1. The van der Waals surface area contributed by atoms with E-state index in [1.54, 1.807) is 53.1 Å². The van der Waals surface area contributed by atoms with Gasteiger partial charge in [0.2, 0.25) is 5.91 Å².